The number of carbonyl (C=O) groups excluding carboxylic acids is 3. The highest BCUT2D eigenvalue weighted by atomic mass is 16.5. The first-order valence-electron chi connectivity index (χ1n) is 8.72. The van der Waals surface area contributed by atoms with E-state index in [1.807, 2.05) is 19.1 Å². The zero-order chi connectivity index (χ0) is 20.1. The van der Waals surface area contributed by atoms with E-state index < -0.39 is 24.4 Å². The Morgan fingerprint density at radius 3 is 2.64 bits per heavy atom. The van der Waals surface area contributed by atoms with Gasteiger partial charge in [-0.1, -0.05) is 18.2 Å². The highest BCUT2D eigenvalue weighted by molar-refractivity contribution is 6.05. The zero-order valence-electron chi connectivity index (χ0n) is 15.6. The Bertz CT molecular complexity index is 1020. The van der Waals surface area contributed by atoms with Crippen LogP contribution in [0.1, 0.15) is 33.5 Å². The van der Waals surface area contributed by atoms with Crippen LogP contribution in [0.4, 0.5) is 0 Å². The summed E-state index contributed by atoms with van der Waals surface area (Å²) in [6, 6.07) is 10.4. The lowest BCUT2D eigenvalue weighted by atomic mass is 10.1. The molecule has 8 nitrogen and oxygen atoms in total. The third-order valence-electron chi connectivity index (χ3n) is 4.10. The minimum Gasteiger partial charge on any atom is -0.450 e. The van der Waals surface area contributed by atoms with Crippen molar-refractivity contribution in [3.05, 3.63) is 59.6 Å². The average Bonchev–Trinajstić information content (AvgIpc) is 3.28. The summed E-state index contributed by atoms with van der Waals surface area (Å²) in [5, 5.41) is 2.92. The largest absolute Gasteiger partial charge is 0.450 e. The molecule has 0 fully saturated rings. The number of fused-ring (bicyclic) bond motifs is 1. The minimum absolute atomic E-state index is 0.0174. The first kappa shape index (κ1) is 19.4. The fourth-order valence-corrected chi connectivity index (χ4v) is 2.73. The molecule has 3 aromatic rings. The van der Waals surface area contributed by atoms with E-state index in [4.69, 9.17) is 13.9 Å². The average molecular weight is 384 g/mol. The van der Waals surface area contributed by atoms with E-state index >= 15 is 0 Å². The lowest BCUT2D eigenvalue weighted by molar-refractivity contribution is -0.123. The van der Waals surface area contributed by atoms with E-state index in [1.165, 1.54) is 0 Å². The van der Waals surface area contributed by atoms with Crippen molar-refractivity contribution in [2.45, 2.75) is 13.5 Å². The number of nitrogens with zero attached hydrogens (tertiary/aromatic N) is 1. The topological polar surface area (TPSA) is 99.8 Å². The maximum absolute atomic E-state index is 12.4. The van der Waals surface area contributed by atoms with Crippen molar-refractivity contribution in [1.82, 2.24) is 9.88 Å². The van der Waals surface area contributed by atoms with Crippen molar-refractivity contribution in [3.8, 4) is 0 Å². The van der Waals surface area contributed by atoms with Crippen LogP contribution in [0, 0.1) is 0 Å². The number of aryl methyl sites for hydroxylation is 1. The molecular weight excluding hydrogens is 364 g/mol. The molecule has 0 bridgehead atoms. The van der Waals surface area contributed by atoms with Crippen molar-refractivity contribution in [3.63, 3.8) is 0 Å². The van der Waals surface area contributed by atoms with Crippen molar-refractivity contribution in [2.75, 3.05) is 13.2 Å². The predicted molar refractivity (Wildman–Crippen MR) is 99.7 cm³/mol. The maximum Gasteiger partial charge on any atom is 0.375 e. The van der Waals surface area contributed by atoms with Gasteiger partial charge in [-0.25, -0.2) is 4.79 Å². The van der Waals surface area contributed by atoms with Crippen LogP contribution in [-0.4, -0.2) is 35.6 Å². The number of nitrogens with one attached hydrogen (secondary N) is 1. The molecule has 1 aromatic carbocycles. The Kier molecular flexibility index (Phi) is 5.90. The first-order chi connectivity index (χ1) is 13.5. The summed E-state index contributed by atoms with van der Waals surface area (Å²) in [4.78, 5) is 36.4. The summed E-state index contributed by atoms with van der Waals surface area (Å²) >= 11 is 0. The summed E-state index contributed by atoms with van der Waals surface area (Å²) in [5.41, 5.74) is 1.39. The van der Waals surface area contributed by atoms with Crippen molar-refractivity contribution < 1.29 is 28.3 Å². The van der Waals surface area contributed by atoms with Gasteiger partial charge in [0.05, 0.1) is 6.61 Å². The third kappa shape index (κ3) is 4.12. The van der Waals surface area contributed by atoms with E-state index in [9.17, 15) is 14.4 Å². The maximum atomic E-state index is 12.4. The van der Waals surface area contributed by atoms with Crippen LogP contribution in [-0.2, 0) is 27.9 Å². The number of benzene rings is 1. The van der Waals surface area contributed by atoms with E-state index in [-0.39, 0.29) is 12.4 Å². The van der Waals surface area contributed by atoms with Gasteiger partial charge in [0.1, 0.15) is 11.3 Å². The first-order valence-corrected chi connectivity index (χ1v) is 8.72. The standard InChI is InChI=1S/C20H20N2O6/c1-3-26-11-14-13-7-4-5-9-16(13)28-18(14)20(25)27-12-17(23)21-19(24)15-8-6-10-22(15)2/h4-10H,3,11-12H2,1-2H3,(H,21,23,24). The highest BCUT2D eigenvalue weighted by Crippen LogP contribution is 2.27. The van der Waals surface area contributed by atoms with E-state index in [2.05, 4.69) is 5.32 Å². The van der Waals surface area contributed by atoms with E-state index in [0.29, 0.717) is 23.4 Å². The summed E-state index contributed by atoms with van der Waals surface area (Å²) in [5.74, 6) is -2.13. The van der Waals surface area contributed by atoms with Crippen molar-refractivity contribution >= 4 is 28.8 Å². The quantitative estimate of drug-likeness (QED) is 0.628. The number of furan rings is 1. The number of aromatic nitrogens is 1. The Morgan fingerprint density at radius 1 is 1.14 bits per heavy atom. The third-order valence-corrected chi connectivity index (χ3v) is 4.10. The fraction of sp³-hybridized carbons (Fsp3) is 0.250. The van der Waals surface area contributed by atoms with Gasteiger partial charge in [-0.3, -0.25) is 14.9 Å². The molecule has 2 aromatic heterocycles. The molecular formula is C20H20N2O6. The van der Waals surface area contributed by atoms with Crippen LogP contribution in [0.2, 0.25) is 0 Å². The van der Waals surface area contributed by atoms with Crippen LogP contribution < -0.4 is 5.32 Å². The Balaban J connectivity index is 1.67. The number of rotatable bonds is 7. The molecule has 0 unspecified atom stereocenters. The molecule has 28 heavy (non-hydrogen) atoms. The fourth-order valence-electron chi connectivity index (χ4n) is 2.73. The summed E-state index contributed by atoms with van der Waals surface area (Å²) in [6.45, 7) is 1.88. The smallest absolute Gasteiger partial charge is 0.375 e. The van der Waals surface area contributed by atoms with Crippen LogP contribution in [0.3, 0.4) is 0 Å². The van der Waals surface area contributed by atoms with E-state index in [0.717, 1.165) is 5.39 Å². The van der Waals surface area contributed by atoms with Gasteiger partial charge in [-0.2, -0.15) is 0 Å². The van der Waals surface area contributed by atoms with Crippen LogP contribution in [0.25, 0.3) is 11.0 Å². The number of ether oxygens (including phenoxy) is 2. The molecule has 0 saturated carbocycles. The Hall–Kier alpha value is -3.39. The number of para-hydroxylation sites is 1. The van der Waals surface area contributed by atoms with Crippen LogP contribution >= 0.6 is 0 Å². The lowest BCUT2D eigenvalue weighted by Crippen LogP contribution is -2.35. The highest BCUT2D eigenvalue weighted by Gasteiger charge is 2.23. The molecule has 0 spiro atoms. The van der Waals surface area contributed by atoms with Crippen molar-refractivity contribution in [1.29, 1.82) is 0 Å². The van der Waals surface area contributed by atoms with Gasteiger partial charge >= 0.3 is 5.97 Å². The van der Waals surface area contributed by atoms with Gasteiger partial charge in [-0.05, 0) is 25.1 Å². The molecule has 0 aliphatic carbocycles. The summed E-state index contributed by atoms with van der Waals surface area (Å²) in [7, 11) is 1.68. The number of esters is 1. The number of amides is 2. The molecule has 0 atom stereocenters. The second-order valence-corrected chi connectivity index (χ2v) is 6.00. The minimum atomic E-state index is -0.799. The number of imide groups is 1. The number of hydrogen-bond acceptors (Lipinski definition) is 6. The monoisotopic (exact) mass is 384 g/mol. The Morgan fingerprint density at radius 2 is 1.93 bits per heavy atom. The molecule has 0 radical (unpaired) electrons. The number of carbonyl (C=O) groups is 3. The summed E-state index contributed by atoms with van der Waals surface area (Å²) < 4.78 is 17.6. The van der Waals surface area contributed by atoms with Crippen molar-refractivity contribution in [2.24, 2.45) is 7.05 Å². The normalized spacial score (nSPS) is 10.8. The molecule has 2 amide bonds. The molecule has 2 heterocycles. The van der Waals surface area contributed by atoms with Gasteiger partial charge in [-0.15, -0.1) is 0 Å². The second kappa shape index (κ2) is 8.53. The van der Waals surface area contributed by atoms with Gasteiger partial charge in [0.25, 0.3) is 11.8 Å². The molecule has 1 N–H and O–H groups in total. The molecule has 146 valence electrons. The molecule has 0 aliphatic heterocycles. The van der Waals surface area contributed by atoms with Gasteiger partial charge in [0, 0.05) is 30.8 Å². The Labute approximate surface area is 161 Å². The molecule has 0 saturated heterocycles. The molecule has 8 heteroatoms. The van der Waals surface area contributed by atoms with Gasteiger partial charge in [0.2, 0.25) is 5.76 Å². The van der Waals surface area contributed by atoms with Crippen LogP contribution in [0.5, 0.6) is 0 Å². The summed E-state index contributed by atoms with van der Waals surface area (Å²) in [6.07, 6.45) is 1.68. The van der Waals surface area contributed by atoms with Gasteiger partial charge < -0.3 is 18.5 Å². The molecule has 0 aliphatic rings. The molecule has 3 rings (SSSR count). The lowest BCUT2D eigenvalue weighted by Gasteiger charge is -2.07. The zero-order valence-corrected chi connectivity index (χ0v) is 15.6. The van der Waals surface area contributed by atoms with E-state index in [1.54, 1.807) is 42.1 Å². The van der Waals surface area contributed by atoms with Crippen LogP contribution in [0.15, 0.2) is 47.0 Å². The SMILES string of the molecule is CCOCc1c(C(=O)OCC(=O)NC(=O)c2cccn2C)oc2ccccc12. The predicted octanol–water partition coefficient (Wildman–Crippen LogP) is 2.42. The second-order valence-electron chi connectivity index (χ2n) is 6.00. The number of hydrogen-bond donors (Lipinski definition) is 1. The van der Waals surface area contributed by atoms with Gasteiger partial charge in [0.15, 0.2) is 6.61 Å².